The molecule has 12 fully saturated rings. The van der Waals surface area contributed by atoms with E-state index in [1.165, 1.54) is 5.56 Å². The molecular weight excluding hydrogens is 1330 g/mol. The minimum Gasteiger partial charge on any atom is -0.394 e. The fourth-order valence-electron chi connectivity index (χ4n) is 16.2. The maximum atomic E-state index is 13.8. The van der Waals surface area contributed by atoms with Crippen molar-refractivity contribution in [1.82, 2.24) is 10.6 Å². The summed E-state index contributed by atoms with van der Waals surface area (Å²) < 4.78 is 62.8. The van der Waals surface area contributed by atoms with Crippen LogP contribution in [0.25, 0.3) is 21.5 Å². The molecule has 12 saturated heterocycles. The van der Waals surface area contributed by atoms with Gasteiger partial charge in [0.25, 0.3) is 0 Å². The maximum Gasteiger partial charge on any atom is 0.226 e. The zero-order valence-electron chi connectivity index (χ0n) is 58.9. The van der Waals surface area contributed by atoms with Gasteiger partial charge in [-0.2, -0.15) is 4.58 Å². The van der Waals surface area contributed by atoms with Gasteiger partial charge in [0.15, 0.2) is 24.8 Å². The molecule has 103 heavy (non-hydrogen) atoms. The molecule has 2 amide bonds. The maximum absolute atomic E-state index is 13.8. The molecular formula is C77H103N4O22+. The summed E-state index contributed by atoms with van der Waals surface area (Å²) >= 11 is 0. The molecule has 26 nitrogen and oxygen atoms in total. The number of carbonyl (C=O) groups excluding carboxylic acids is 2. The second-order valence-electron chi connectivity index (χ2n) is 28.9. The standard InChI is InChI=1S/C77H102N4O22/c1-76(2)56(80(48-28-26-44-18-10-12-20-46(44)60(48)76)34-30-58(86)78-32-16-38-96-68-51-23-15-37-94-69-52(40-82)100-74(65(91)64(69)90)102-72(66(68)92)55(43-85)99-51)24-8-6-5-7-9-25-57-77(3,4)61-47-21-13-11-19-45(47)27-29-49(61)81(57)35-31-59(87)79-33-17-39-97-73-67(93)70-53(41-83)101-75(73)103-71-54(42-84)98-50(22-14-36-95-70)62(88)63(71)89/h5-13,18-21,24-29,50-55,62-75,82-85,88-93H,14-17,22-23,30-43H2,1-4H3,(H-,78,79,86,87)/p+1/t50?,51-,52-,53-,54-,55-,62+,63-,64-,65-,66-,67+,68+,69?,70-,71?,72?,73-,74?,75?/m1/s1. The first kappa shape index (κ1) is 76.6. The number of anilines is 1. The van der Waals surface area contributed by atoms with Crippen molar-refractivity contribution < 1.29 is 113 Å². The highest BCUT2D eigenvalue weighted by Gasteiger charge is 2.55. The molecule has 8 bridgehead atoms. The number of hydrogen-bond donors (Lipinski definition) is 12. The molecule has 0 aromatic heterocycles. The number of fused-ring (bicyclic) bond motifs is 6. The van der Waals surface area contributed by atoms with Gasteiger partial charge in [0.1, 0.15) is 97.7 Å². The van der Waals surface area contributed by atoms with Gasteiger partial charge in [0.2, 0.25) is 17.5 Å². The third kappa shape index (κ3) is 16.3. The van der Waals surface area contributed by atoms with E-state index in [4.69, 9.17) is 47.4 Å². The third-order valence-corrected chi connectivity index (χ3v) is 21.5. The predicted octanol–water partition coefficient (Wildman–Crippen LogP) is 2.53. The van der Waals surface area contributed by atoms with Crippen LogP contribution in [0.15, 0.2) is 121 Å². The molecule has 14 aliphatic rings. The molecule has 14 heterocycles. The Morgan fingerprint density at radius 1 is 0.544 bits per heavy atom. The highest BCUT2D eigenvalue weighted by Crippen LogP contribution is 2.51. The van der Waals surface area contributed by atoms with Crippen LogP contribution < -0.4 is 15.5 Å². The lowest BCUT2D eigenvalue weighted by Gasteiger charge is -2.47. The monoisotopic (exact) mass is 1440 g/mol. The molecule has 4 aromatic carbocycles. The lowest BCUT2D eigenvalue weighted by atomic mass is 9.79. The number of rotatable bonds is 24. The van der Waals surface area contributed by atoms with E-state index in [-0.39, 0.29) is 64.2 Å². The van der Waals surface area contributed by atoms with Crippen LogP contribution in [0.1, 0.15) is 90.2 Å². The first-order chi connectivity index (χ1) is 49.8. The Balaban J connectivity index is 0.673. The molecule has 14 aliphatic heterocycles. The number of ether oxygens (including phenoxy) is 10. The fourth-order valence-corrected chi connectivity index (χ4v) is 16.2. The second-order valence-corrected chi connectivity index (χ2v) is 28.9. The van der Waals surface area contributed by atoms with Gasteiger partial charge in [-0.1, -0.05) is 98.8 Å². The van der Waals surface area contributed by atoms with Crippen molar-refractivity contribution in [2.24, 2.45) is 0 Å². The molecule has 0 aliphatic carbocycles. The number of nitrogens with one attached hydrogen (secondary N) is 2. The third-order valence-electron chi connectivity index (χ3n) is 21.5. The first-order valence-corrected chi connectivity index (χ1v) is 36.4. The number of allylic oxidation sites excluding steroid dienone is 8. The van der Waals surface area contributed by atoms with Crippen molar-refractivity contribution in [1.29, 1.82) is 0 Å². The van der Waals surface area contributed by atoms with Crippen LogP contribution in [0.5, 0.6) is 0 Å². The van der Waals surface area contributed by atoms with E-state index in [1.54, 1.807) is 0 Å². The normalized spacial score (nSPS) is 34.1. The van der Waals surface area contributed by atoms with Gasteiger partial charge >= 0.3 is 0 Å². The Morgan fingerprint density at radius 3 is 1.74 bits per heavy atom. The summed E-state index contributed by atoms with van der Waals surface area (Å²) in [5.41, 5.74) is 5.50. The summed E-state index contributed by atoms with van der Waals surface area (Å²) in [5, 5.41) is 119. The van der Waals surface area contributed by atoms with Crippen LogP contribution in [0, 0.1) is 0 Å². The summed E-state index contributed by atoms with van der Waals surface area (Å²) in [6, 6.07) is 25.1. The lowest BCUT2D eigenvalue weighted by Crippen LogP contribution is -2.65. The number of benzene rings is 4. The molecule has 562 valence electrons. The minimum atomic E-state index is -1.59. The van der Waals surface area contributed by atoms with Crippen LogP contribution in [0.4, 0.5) is 11.4 Å². The van der Waals surface area contributed by atoms with Gasteiger partial charge in [0.05, 0.1) is 50.5 Å². The first-order valence-electron chi connectivity index (χ1n) is 36.4. The van der Waals surface area contributed by atoms with Crippen LogP contribution in [0.2, 0.25) is 0 Å². The van der Waals surface area contributed by atoms with Gasteiger partial charge in [-0.05, 0) is 97.7 Å². The number of carbonyl (C=O) groups is 2. The highest BCUT2D eigenvalue weighted by atomic mass is 16.7. The fraction of sp³-hybridized carbons (Fsp3) is 0.597. The van der Waals surface area contributed by atoms with E-state index in [2.05, 4.69) is 108 Å². The summed E-state index contributed by atoms with van der Waals surface area (Å²) in [5.74, 6) is -0.334. The molecule has 0 radical (unpaired) electrons. The van der Waals surface area contributed by atoms with Crippen molar-refractivity contribution in [3.8, 4) is 0 Å². The molecule has 26 heteroatoms. The molecule has 6 unspecified atom stereocenters. The van der Waals surface area contributed by atoms with Crippen molar-refractivity contribution in [3.05, 3.63) is 132 Å². The van der Waals surface area contributed by atoms with E-state index in [0.29, 0.717) is 51.6 Å². The minimum absolute atomic E-state index is 0.0438. The number of hydrogen-bond acceptors (Lipinski definition) is 23. The SMILES string of the molecule is CC1(C)C(=CC=CC=CC=CC2=[N+](CCC(=O)NCCCO[C@H]3[C@H]4CCCOC5[C@@H](CO)OC(OC([C@@H](CO)O4)[C@@H]3O)[C@H](O)[C@H]5O)c3ccc4ccccc4c3C2(C)C)N(CCC(=O)NCCCO[C@H]2C3OC4[C@@H](CO)OC(CCCO[C@@H]([C@@H]2O)[C@@H](CO)O3)[C@H](O)[C@H]4O)c2ccc3ccccc3c21. The Hall–Kier alpha value is -6.03. The smallest absolute Gasteiger partial charge is 0.226 e. The van der Waals surface area contributed by atoms with Crippen LogP contribution in [0.3, 0.4) is 0 Å². The molecule has 20 atom stereocenters. The zero-order valence-corrected chi connectivity index (χ0v) is 58.9. The Kier molecular flexibility index (Phi) is 25.5. The summed E-state index contributed by atoms with van der Waals surface area (Å²) in [6.07, 6.45) is -6.76. The average Bonchev–Trinajstić information content (AvgIpc) is 1.58. The molecule has 12 N–H and O–H groups in total. The summed E-state index contributed by atoms with van der Waals surface area (Å²) in [7, 11) is 0. The van der Waals surface area contributed by atoms with Crippen molar-refractivity contribution in [3.63, 3.8) is 0 Å². The predicted molar refractivity (Wildman–Crippen MR) is 377 cm³/mol. The Morgan fingerprint density at radius 2 is 1.07 bits per heavy atom. The van der Waals surface area contributed by atoms with Crippen LogP contribution in [-0.4, -0.2) is 275 Å². The Labute approximate surface area is 599 Å². The van der Waals surface area contributed by atoms with Gasteiger partial charge in [-0.25, -0.2) is 0 Å². The topological polar surface area (TPSA) is 359 Å². The van der Waals surface area contributed by atoms with Gasteiger partial charge in [-0.3, -0.25) is 9.59 Å². The number of aliphatic hydroxyl groups excluding tert-OH is 10. The number of nitrogens with zero attached hydrogens (tertiary/aromatic N) is 2. The van der Waals surface area contributed by atoms with Crippen molar-refractivity contribution in [2.75, 3.05) is 83.9 Å². The van der Waals surface area contributed by atoms with E-state index in [9.17, 15) is 60.7 Å². The second kappa shape index (κ2) is 34.3. The van der Waals surface area contributed by atoms with Crippen LogP contribution in [-0.2, 0) is 67.8 Å². The molecule has 4 aromatic rings. The van der Waals surface area contributed by atoms with Crippen molar-refractivity contribution in [2.45, 2.75) is 212 Å². The Bertz CT molecular complexity index is 3710. The van der Waals surface area contributed by atoms with Gasteiger partial charge in [0, 0.05) is 87.0 Å². The van der Waals surface area contributed by atoms with Gasteiger partial charge < -0.3 is 114 Å². The summed E-state index contributed by atoms with van der Waals surface area (Å²) in [4.78, 5) is 29.7. The molecule has 0 spiro atoms. The van der Waals surface area contributed by atoms with E-state index < -0.39 is 160 Å². The van der Waals surface area contributed by atoms with Gasteiger partial charge in [-0.15, -0.1) is 0 Å². The van der Waals surface area contributed by atoms with Crippen LogP contribution >= 0.6 is 0 Å². The van der Waals surface area contributed by atoms with E-state index in [0.717, 1.165) is 49.9 Å². The lowest BCUT2D eigenvalue weighted by molar-refractivity contribution is -0.436. The zero-order chi connectivity index (χ0) is 72.7. The molecule has 18 rings (SSSR count). The van der Waals surface area contributed by atoms with E-state index in [1.807, 2.05) is 54.6 Å². The molecule has 0 saturated carbocycles. The number of amides is 2. The highest BCUT2D eigenvalue weighted by molar-refractivity contribution is 6.07. The van der Waals surface area contributed by atoms with Crippen molar-refractivity contribution >= 4 is 50.4 Å². The average molecular weight is 1440 g/mol. The summed E-state index contributed by atoms with van der Waals surface area (Å²) in [6.45, 7) is 8.45. The van der Waals surface area contributed by atoms with E-state index >= 15 is 0 Å². The quantitative estimate of drug-likeness (QED) is 0.0272. The largest absolute Gasteiger partial charge is 0.394 e. The number of aliphatic hydroxyl groups is 10.